The van der Waals surface area contributed by atoms with E-state index in [1.54, 1.807) is 6.07 Å². The molecule has 0 radical (unpaired) electrons. The Morgan fingerprint density at radius 2 is 1.82 bits per heavy atom. The molecule has 0 aliphatic rings. The number of quaternary nitrogens is 1. The van der Waals surface area contributed by atoms with Crippen LogP contribution in [-0.4, -0.2) is 44.7 Å². The van der Waals surface area contributed by atoms with E-state index in [1.807, 2.05) is 25.1 Å². The van der Waals surface area contributed by atoms with Crippen molar-refractivity contribution >= 4 is 5.97 Å². The van der Waals surface area contributed by atoms with Crippen LogP contribution in [0.2, 0.25) is 0 Å². The number of halogens is 1. The van der Waals surface area contributed by atoms with Gasteiger partial charge in [-0.05, 0) is 18.6 Å². The van der Waals surface area contributed by atoms with Crippen molar-refractivity contribution in [2.45, 2.75) is 6.92 Å². The molecular formula is C13H20ClNO2. The van der Waals surface area contributed by atoms with Gasteiger partial charge in [0.2, 0.25) is 0 Å². The second-order valence-corrected chi connectivity index (χ2v) is 4.96. The summed E-state index contributed by atoms with van der Waals surface area (Å²) in [4.78, 5) is 11.7. The molecule has 3 nitrogen and oxygen atoms in total. The molecule has 0 bridgehead atoms. The first-order valence-corrected chi connectivity index (χ1v) is 5.43. The van der Waals surface area contributed by atoms with Crippen LogP contribution in [0.25, 0.3) is 0 Å². The highest BCUT2D eigenvalue weighted by Gasteiger charge is 2.12. The van der Waals surface area contributed by atoms with Gasteiger partial charge in [0.1, 0.15) is 13.2 Å². The van der Waals surface area contributed by atoms with Crippen molar-refractivity contribution in [3.05, 3.63) is 35.4 Å². The minimum atomic E-state index is -0.230. The van der Waals surface area contributed by atoms with E-state index >= 15 is 0 Å². The maximum absolute atomic E-state index is 11.7. The van der Waals surface area contributed by atoms with Crippen LogP contribution in [0.4, 0.5) is 0 Å². The Kier molecular flexibility index (Phi) is 6.21. The number of hydrogen-bond acceptors (Lipinski definition) is 2. The summed E-state index contributed by atoms with van der Waals surface area (Å²) in [5.41, 5.74) is 1.61. The molecule has 1 aromatic rings. The van der Waals surface area contributed by atoms with Gasteiger partial charge < -0.3 is 21.6 Å². The molecule has 0 atom stereocenters. The van der Waals surface area contributed by atoms with E-state index in [0.717, 1.165) is 16.6 Å². The van der Waals surface area contributed by atoms with Crippen LogP contribution in [0, 0.1) is 6.92 Å². The van der Waals surface area contributed by atoms with Gasteiger partial charge in [-0.1, -0.05) is 18.2 Å². The van der Waals surface area contributed by atoms with Gasteiger partial charge in [0.25, 0.3) is 0 Å². The fourth-order valence-corrected chi connectivity index (χ4v) is 1.29. The SMILES string of the molecule is Cc1ccccc1C(=O)OCC[N+](C)(C)C.[Cl-]. The van der Waals surface area contributed by atoms with Gasteiger partial charge in [-0.3, -0.25) is 0 Å². The third-order valence-electron chi connectivity index (χ3n) is 2.36. The summed E-state index contributed by atoms with van der Waals surface area (Å²) >= 11 is 0. The van der Waals surface area contributed by atoms with E-state index in [-0.39, 0.29) is 18.4 Å². The molecule has 0 N–H and O–H groups in total. The lowest BCUT2D eigenvalue weighted by molar-refractivity contribution is -0.870. The molecule has 17 heavy (non-hydrogen) atoms. The summed E-state index contributed by atoms with van der Waals surface area (Å²) in [6.45, 7) is 3.19. The summed E-state index contributed by atoms with van der Waals surface area (Å²) in [6, 6.07) is 7.47. The number of rotatable bonds is 4. The van der Waals surface area contributed by atoms with E-state index < -0.39 is 0 Å². The van der Waals surface area contributed by atoms with E-state index in [4.69, 9.17) is 4.74 Å². The number of ether oxygens (including phenoxy) is 1. The summed E-state index contributed by atoms with van der Waals surface area (Å²) in [7, 11) is 6.21. The number of likely N-dealkylation sites (N-methyl/N-ethyl adjacent to an activating group) is 1. The summed E-state index contributed by atoms with van der Waals surface area (Å²) in [6.07, 6.45) is 0. The first-order valence-electron chi connectivity index (χ1n) is 5.43. The highest BCUT2D eigenvalue weighted by molar-refractivity contribution is 5.90. The molecule has 0 aliphatic heterocycles. The molecule has 0 fully saturated rings. The van der Waals surface area contributed by atoms with Crippen LogP contribution < -0.4 is 12.4 Å². The highest BCUT2D eigenvalue weighted by Crippen LogP contribution is 2.08. The average molecular weight is 258 g/mol. The van der Waals surface area contributed by atoms with Crippen LogP contribution in [0.5, 0.6) is 0 Å². The van der Waals surface area contributed by atoms with Crippen molar-refractivity contribution in [2.24, 2.45) is 0 Å². The number of carbonyl (C=O) groups excluding carboxylic acids is 1. The summed E-state index contributed by atoms with van der Waals surface area (Å²) in [5.74, 6) is -0.230. The molecule has 0 saturated heterocycles. The van der Waals surface area contributed by atoms with Crippen molar-refractivity contribution in [2.75, 3.05) is 34.3 Å². The second-order valence-electron chi connectivity index (χ2n) is 4.96. The third-order valence-corrected chi connectivity index (χ3v) is 2.36. The Hall–Kier alpha value is -1.06. The summed E-state index contributed by atoms with van der Waals surface area (Å²) in [5, 5.41) is 0. The second kappa shape index (κ2) is 6.62. The van der Waals surface area contributed by atoms with Crippen molar-refractivity contribution in [1.82, 2.24) is 0 Å². The van der Waals surface area contributed by atoms with Gasteiger partial charge in [0, 0.05) is 0 Å². The largest absolute Gasteiger partial charge is 1.00 e. The third kappa shape index (κ3) is 5.71. The molecule has 1 rings (SSSR count). The van der Waals surface area contributed by atoms with Crippen LogP contribution in [-0.2, 0) is 4.74 Å². The van der Waals surface area contributed by atoms with E-state index in [1.165, 1.54) is 0 Å². The molecule has 0 amide bonds. The lowest BCUT2D eigenvalue weighted by atomic mass is 10.1. The van der Waals surface area contributed by atoms with Gasteiger partial charge in [0.05, 0.1) is 26.7 Å². The normalized spacial score (nSPS) is 10.6. The van der Waals surface area contributed by atoms with Crippen molar-refractivity contribution in [3.8, 4) is 0 Å². The van der Waals surface area contributed by atoms with Crippen molar-refractivity contribution < 1.29 is 26.4 Å². The lowest BCUT2D eigenvalue weighted by Gasteiger charge is -2.23. The first-order chi connectivity index (χ1) is 7.40. The average Bonchev–Trinajstić information content (AvgIpc) is 2.16. The number of benzene rings is 1. The van der Waals surface area contributed by atoms with Gasteiger partial charge >= 0.3 is 5.97 Å². The smallest absolute Gasteiger partial charge is 0.338 e. The number of carbonyl (C=O) groups is 1. The van der Waals surface area contributed by atoms with Gasteiger partial charge in [0.15, 0.2) is 0 Å². The molecule has 0 heterocycles. The Labute approximate surface area is 109 Å². The Bertz CT molecular complexity index is 372. The number of nitrogens with zero attached hydrogens (tertiary/aromatic N) is 1. The number of hydrogen-bond donors (Lipinski definition) is 0. The molecule has 0 aromatic heterocycles. The van der Waals surface area contributed by atoms with Gasteiger partial charge in [-0.15, -0.1) is 0 Å². The Balaban J connectivity index is 0.00000256. The minimum absolute atomic E-state index is 0. The molecule has 4 heteroatoms. The topological polar surface area (TPSA) is 26.3 Å². The molecule has 0 unspecified atom stereocenters. The van der Waals surface area contributed by atoms with Crippen molar-refractivity contribution in [1.29, 1.82) is 0 Å². The van der Waals surface area contributed by atoms with Gasteiger partial charge in [-0.2, -0.15) is 0 Å². The molecule has 0 aliphatic carbocycles. The highest BCUT2D eigenvalue weighted by atomic mass is 35.5. The summed E-state index contributed by atoms with van der Waals surface area (Å²) < 4.78 is 6.02. The monoisotopic (exact) mass is 257 g/mol. The van der Waals surface area contributed by atoms with Crippen LogP contribution in [0.1, 0.15) is 15.9 Å². The number of aryl methyl sites for hydroxylation is 1. The fraction of sp³-hybridized carbons (Fsp3) is 0.462. The molecular weight excluding hydrogens is 238 g/mol. The van der Waals surface area contributed by atoms with Crippen LogP contribution in [0.15, 0.2) is 24.3 Å². The van der Waals surface area contributed by atoms with E-state index in [9.17, 15) is 4.79 Å². The van der Waals surface area contributed by atoms with E-state index in [2.05, 4.69) is 21.1 Å². The fourth-order valence-electron chi connectivity index (χ4n) is 1.29. The van der Waals surface area contributed by atoms with Gasteiger partial charge in [-0.25, -0.2) is 4.79 Å². The van der Waals surface area contributed by atoms with E-state index in [0.29, 0.717) is 12.2 Å². The standard InChI is InChI=1S/C13H20NO2.ClH/c1-11-7-5-6-8-12(11)13(15)16-10-9-14(2,3)4;/h5-8H,9-10H2,1-4H3;1H/q+1;/p-1. The maximum Gasteiger partial charge on any atom is 0.338 e. The zero-order chi connectivity index (χ0) is 12.2. The van der Waals surface area contributed by atoms with Crippen molar-refractivity contribution in [3.63, 3.8) is 0 Å². The molecule has 96 valence electrons. The zero-order valence-electron chi connectivity index (χ0n) is 10.9. The Morgan fingerprint density at radius 1 is 1.24 bits per heavy atom. The molecule has 0 saturated carbocycles. The number of esters is 1. The first kappa shape index (κ1) is 15.9. The molecule has 1 aromatic carbocycles. The van der Waals surface area contributed by atoms with Crippen LogP contribution >= 0.6 is 0 Å². The molecule has 0 spiro atoms. The quantitative estimate of drug-likeness (QED) is 0.504. The van der Waals surface area contributed by atoms with Crippen LogP contribution in [0.3, 0.4) is 0 Å². The predicted octanol–water partition coefficient (Wildman–Crippen LogP) is -1.14. The zero-order valence-corrected chi connectivity index (χ0v) is 11.6. The maximum atomic E-state index is 11.7. The Morgan fingerprint density at radius 3 is 2.35 bits per heavy atom. The lowest BCUT2D eigenvalue weighted by Crippen LogP contribution is -3.00. The minimum Gasteiger partial charge on any atom is -1.00 e. The predicted molar refractivity (Wildman–Crippen MR) is 64.4 cm³/mol.